The average molecular weight is 273 g/mol. The quantitative estimate of drug-likeness (QED) is 0.826. The van der Waals surface area contributed by atoms with Crippen LogP contribution in [0, 0.1) is 11.3 Å². The third-order valence-corrected chi connectivity index (χ3v) is 3.85. The van der Waals surface area contributed by atoms with Crippen LogP contribution in [0.5, 0.6) is 0 Å². The minimum atomic E-state index is -0.687. The molecule has 1 aromatic carbocycles. The number of methoxy groups -OCH3 is 1. The molecule has 0 aromatic heterocycles. The van der Waals surface area contributed by atoms with Crippen molar-refractivity contribution < 1.29 is 9.53 Å². The van der Waals surface area contributed by atoms with Crippen LogP contribution < -0.4 is 5.32 Å². The summed E-state index contributed by atoms with van der Waals surface area (Å²) in [6.45, 7) is 1.14. The first-order valence-corrected chi connectivity index (χ1v) is 6.60. The number of hydrogen-bond donors (Lipinski definition) is 1. The molecule has 1 heterocycles. The molecule has 5 nitrogen and oxygen atoms in total. The molecule has 2 rings (SSSR count). The van der Waals surface area contributed by atoms with Gasteiger partial charge in [-0.25, -0.2) is 0 Å². The maximum absolute atomic E-state index is 11.9. The van der Waals surface area contributed by atoms with Crippen LogP contribution in [0.1, 0.15) is 12.0 Å². The second-order valence-electron chi connectivity index (χ2n) is 5.08. The first-order valence-electron chi connectivity index (χ1n) is 6.60. The Bertz CT molecular complexity index is 512. The molecule has 1 saturated heterocycles. The van der Waals surface area contributed by atoms with Crippen LogP contribution in [-0.2, 0) is 16.1 Å². The normalized spacial score (nSPS) is 26.1. The number of hydrogen-bond acceptors (Lipinski definition) is 5. The van der Waals surface area contributed by atoms with Gasteiger partial charge in [0.2, 0.25) is 0 Å². The van der Waals surface area contributed by atoms with E-state index in [0.29, 0.717) is 19.5 Å². The molecule has 0 bridgehead atoms. The van der Waals surface area contributed by atoms with E-state index in [9.17, 15) is 10.1 Å². The lowest BCUT2D eigenvalue weighted by atomic mass is 9.98. The highest BCUT2D eigenvalue weighted by molar-refractivity contribution is 5.76. The van der Waals surface area contributed by atoms with E-state index in [0.717, 1.165) is 5.56 Å². The summed E-state index contributed by atoms with van der Waals surface area (Å²) in [5, 5.41) is 12.4. The number of carbonyl (C=O) groups excluding carboxylic acids is 1. The summed E-state index contributed by atoms with van der Waals surface area (Å²) in [7, 11) is 3.14. The van der Waals surface area contributed by atoms with E-state index in [1.54, 1.807) is 7.05 Å². The maximum atomic E-state index is 11.9. The Kier molecular flexibility index (Phi) is 4.38. The van der Waals surface area contributed by atoms with Gasteiger partial charge in [-0.05, 0) is 12.6 Å². The van der Waals surface area contributed by atoms with E-state index < -0.39 is 5.54 Å². The monoisotopic (exact) mass is 273 g/mol. The number of nitrogens with zero attached hydrogens (tertiary/aromatic N) is 2. The van der Waals surface area contributed by atoms with Crippen LogP contribution in [0.2, 0.25) is 0 Å². The lowest BCUT2D eigenvalue weighted by molar-refractivity contribution is -0.146. The van der Waals surface area contributed by atoms with Gasteiger partial charge in [0.05, 0.1) is 13.2 Å². The molecule has 0 amide bonds. The molecule has 1 aliphatic heterocycles. The predicted octanol–water partition coefficient (Wildman–Crippen LogP) is 0.916. The molecule has 0 aliphatic carbocycles. The van der Waals surface area contributed by atoms with Crippen LogP contribution in [0.4, 0.5) is 0 Å². The van der Waals surface area contributed by atoms with E-state index in [1.807, 2.05) is 35.2 Å². The van der Waals surface area contributed by atoms with Gasteiger partial charge in [0.15, 0.2) is 0 Å². The second kappa shape index (κ2) is 6.04. The van der Waals surface area contributed by atoms with Crippen molar-refractivity contribution in [1.82, 2.24) is 10.2 Å². The molecule has 1 unspecified atom stereocenters. The summed E-state index contributed by atoms with van der Waals surface area (Å²) < 4.78 is 4.87. The van der Waals surface area contributed by atoms with E-state index in [2.05, 4.69) is 11.4 Å². The maximum Gasteiger partial charge on any atom is 0.323 e. The molecule has 1 N–H and O–H groups in total. The van der Waals surface area contributed by atoms with E-state index in [4.69, 9.17) is 4.74 Å². The fourth-order valence-electron chi connectivity index (χ4n) is 2.65. The van der Waals surface area contributed by atoms with Crippen LogP contribution in [0.25, 0.3) is 0 Å². The van der Waals surface area contributed by atoms with Crippen molar-refractivity contribution in [1.29, 1.82) is 5.26 Å². The molecule has 1 aliphatic rings. The van der Waals surface area contributed by atoms with Crippen LogP contribution in [0.15, 0.2) is 30.3 Å². The Hall–Kier alpha value is -1.90. The largest absolute Gasteiger partial charge is 0.468 e. The van der Waals surface area contributed by atoms with E-state index >= 15 is 0 Å². The predicted molar refractivity (Wildman–Crippen MR) is 74.7 cm³/mol. The van der Waals surface area contributed by atoms with Gasteiger partial charge in [0.25, 0.3) is 0 Å². The third kappa shape index (κ3) is 2.82. The first kappa shape index (κ1) is 14.5. The van der Waals surface area contributed by atoms with Gasteiger partial charge in [-0.15, -0.1) is 0 Å². The van der Waals surface area contributed by atoms with Crippen molar-refractivity contribution in [2.24, 2.45) is 0 Å². The van der Waals surface area contributed by atoms with Crippen molar-refractivity contribution >= 4 is 5.97 Å². The standard InChI is InChI=1S/C15H19N3O2/c1-17-15(10-16)8-13(14(19)20-2)18(11-15)9-12-6-4-3-5-7-12/h3-7,13,17H,8-9,11H2,1-2H3/t13-,15?/m0/s1. The number of nitriles is 1. The number of benzene rings is 1. The molecular weight excluding hydrogens is 254 g/mol. The summed E-state index contributed by atoms with van der Waals surface area (Å²) in [6.07, 6.45) is 0.444. The lowest BCUT2D eigenvalue weighted by Gasteiger charge is -2.22. The fraction of sp³-hybridized carbons (Fsp3) is 0.467. The van der Waals surface area contributed by atoms with Crippen LogP contribution in [-0.4, -0.2) is 43.2 Å². The number of esters is 1. The molecule has 5 heteroatoms. The molecule has 0 saturated carbocycles. The molecule has 2 atom stereocenters. The van der Waals surface area contributed by atoms with Crippen LogP contribution >= 0.6 is 0 Å². The van der Waals surface area contributed by atoms with Gasteiger partial charge in [-0.1, -0.05) is 30.3 Å². The van der Waals surface area contributed by atoms with E-state index in [1.165, 1.54) is 7.11 Å². The number of ether oxygens (including phenoxy) is 1. The van der Waals surface area contributed by atoms with Gasteiger partial charge in [0, 0.05) is 19.5 Å². The van der Waals surface area contributed by atoms with Crippen molar-refractivity contribution in [2.45, 2.75) is 24.5 Å². The SMILES string of the molecule is CNC1(C#N)C[C@@H](C(=O)OC)N(Cc2ccccc2)C1. The summed E-state index contributed by atoms with van der Waals surface area (Å²) in [5.41, 5.74) is 0.430. The lowest BCUT2D eigenvalue weighted by Crippen LogP contribution is -2.43. The topological polar surface area (TPSA) is 65.4 Å². The molecule has 106 valence electrons. The molecule has 1 aromatic rings. The van der Waals surface area contributed by atoms with Crippen molar-refractivity contribution in [2.75, 3.05) is 20.7 Å². The van der Waals surface area contributed by atoms with Gasteiger partial charge in [-0.2, -0.15) is 5.26 Å². The Morgan fingerprint density at radius 3 is 2.80 bits per heavy atom. The van der Waals surface area contributed by atoms with Crippen molar-refractivity contribution in [3.63, 3.8) is 0 Å². The second-order valence-corrected chi connectivity index (χ2v) is 5.08. The molecule has 20 heavy (non-hydrogen) atoms. The van der Waals surface area contributed by atoms with Gasteiger partial charge < -0.3 is 10.1 Å². The smallest absolute Gasteiger partial charge is 0.323 e. The minimum absolute atomic E-state index is 0.284. The summed E-state index contributed by atoms with van der Waals surface area (Å²) in [5.74, 6) is -0.284. The van der Waals surface area contributed by atoms with Gasteiger partial charge in [0.1, 0.15) is 11.6 Å². The highest BCUT2D eigenvalue weighted by Crippen LogP contribution is 2.28. The summed E-state index contributed by atoms with van der Waals surface area (Å²) in [6, 6.07) is 11.8. The highest BCUT2D eigenvalue weighted by Gasteiger charge is 2.46. The zero-order valence-corrected chi connectivity index (χ0v) is 11.8. The molecule has 1 fully saturated rings. The fourth-order valence-corrected chi connectivity index (χ4v) is 2.65. The number of likely N-dealkylation sites (N-methyl/N-ethyl adjacent to an activating group) is 1. The first-order chi connectivity index (χ1) is 9.64. The zero-order chi connectivity index (χ0) is 14.6. The van der Waals surface area contributed by atoms with Gasteiger partial charge >= 0.3 is 5.97 Å². The minimum Gasteiger partial charge on any atom is -0.468 e. The average Bonchev–Trinajstić information content (AvgIpc) is 2.87. The van der Waals surface area contributed by atoms with Crippen molar-refractivity contribution in [3.05, 3.63) is 35.9 Å². The summed E-state index contributed by atoms with van der Waals surface area (Å²) >= 11 is 0. The molecule has 0 radical (unpaired) electrons. The number of likely N-dealkylation sites (tertiary alicyclic amines) is 1. The molecule has 0 spiro atoms. The zero-order valence-electron chi connectivity index (χ0n) is 11.8. The Morgan fingerprint density at radius 1 is 1.55 bits per heavy atom. The number of rotatable bonds is 4. The number of carbonyl (C=O) groups is 1. The van der Waals surface area contributed by atoms with Gasteiger partial charge in [-0.3, -0.25) is 9.69 Å². The Labute approximate surface area is 119 Å². The Morgan fingerprint density at radius 2 is 2.25 bits per heavy atom. The summed E-state index contributed by atoms with van der Waals surface area (Å²) in [4.78, 5) is 13.9. The third-order valence-electron chi connectivity index (χ3n) is 3.85. The van der Waals surface area contributed by atoms with Crippen LogP contribution in [0.3, 0.4) is 0 Å². The van der Waals surface area contributed by atoms with Crippen molar-refractivity contribution in [3.8, 4) is 6.07 Å². The van der Waals surface area contributed by atoms with E-state index in [-0.39, 0.29) is 12.0 Å². The molecular formula is C15H19N3O2. The number of nitrogens with one attached hydrogen (secondary N) is 1. The Balaban J connectivity index is 2.20. The highest BCUT2D eigenvalue weighted by atomic mass is 16.5.